The van der Waals surface area contributed by atoms with Gasteiger partial charge in [-0.25, -0.2) is 0 Å². The first-order valence-electron chi connectivity index (χ1n) is 5.43. The number of carbonyl (C=O) groups is 1. The van der Waals surface area contributed by atoms with Crippen molar-refractivity contribution in [3.63, 3.8) is 0 Å². The van der Waals surface area contributed by atoms with Crippen LogP contribution in [0.5, 0.6) is 0 Å². The van der Waals surface area contributed by atoms with Crippen LogP contribution in [0.1, 0.15) is 46.5 Å². The Morgan fingerprint density at radius 2 is 2.07 bits per heavy atom. The van der Waals surface area contributed by atoms with Crippen LogP contribution in [-0.4, -0.2) is 23.8 Å². The molecule has 0 fully saturated rings. The molecule has 84 valence electrons. The molecule has 0 aliphatic rings. The number of aliphatic hydroxyl groups excluding tert-OH is 1. The molecule has 0 aliphatic carbocycles. The van der Waals surface area contributed by atoms with Gasteiger partial charge in [0.05, 0.1) is 19.1 Å². The third-order valence-electron chi connectivity index (χ3n) is 2.16. The molecule has 0 heterocycles. The first kappa shape index (κ1) is 13.4. The SMILES string of the molecule is CCCC(C)CC(O)CC(=O)OCC. The second-order valence-corrected chi connectivity index (χ2v) is 3.79. The average Bonchev–Trinajstić information content (AvgIpc) is 2.03. The molecule has 0 aliphatic heterocycles. The highest BCUT2D eigenvalue weighted by Gasteiger charge is 2.14. The lowest BCUT2D eigenvalue weighted by molar-refractivity contribution is -0.145. The lowest BCUT2D eigenvalue weighted by Gasteiger charge is -2.14. The van der Waals surface area contributed by atoms with Crippen LogP contribution in [0.4, 0.5) is 0 Å². The van der Waals surface area contributed by atoms with Gasteiger partial charge in [-0.2, -0.15) is 0 Å². The number of aliphatic hydroxyl groups is 1. The summed E-state index contributed by atoms with van der Waals surface area (Å²) in [5.41, 5.74) is 0. The Labute approximate surface area is 86.5 Å². The van der Waals surface area contributed by atoms with Crippen LogP contribution in [0.15, 0.2) is 0 Å². The Morgan fingerprint density at radius 3 is 2.57 bits per heavy atom. The molecular formula is C11H22O3. The minimum absolute atomic E-state index is 0.127. The summed E-state index contributed by atoms with van der Waals surface area (Å²) >= 11 is 0. The van der Waals surface area contributed by atoms with E-state index in [-0.39, 0.29) is 12.4 Å². The second kappa shape index (κ2) is 7.80. The molecule has 3 heteroatoms. The van der Waals surface area contributed by atoms with Gasteiger partial charge in [0.1, 0.15) is 0 Å². The summed E-state index contributed by atoms with van der Waals surface area (Å²) < 4.78 is 4.76. The molecule has 0 radical (unpaired) electrons. The first-order valence-corrected chi connectivity index (χ1v) is 5.43. The van der Waals surface area contributed by atoms with Crippen LogP contribution < -0.4 is 0 Å². The Kier molecular flexibility index (Phi) is 7.48. The van der Waals surface area contributed by atoms with Gasteiger partial charge in [-0.05, 0) is 19.3 Å². The predicted molar refractivity (Wildman–Crippen MR) is 55.9 cm³/mol. The fourth-order valence-electron chi connectivity index (χ4n) is 1.57. The highest BCUT2D eigenvalue weighted by Crippen LogP contribution is 2.14. The maximum absolute atomic E-state index is 11.0. The normalized spacial score (nSPS) is 14.9. The standard InChI is InChI=1S/C11H22O3/c1-4-6-9(3)7-10(12)8-11(13)14-5-2/h9-10,12H,4-8H2,1-3H3. The maximum Gasteiger partial charge on any atom is 0.308 e. The molecule has 0 rings (SSSR count). The molecular weight excluding hydrogens is 180 g/mol. The van der Waals surface area contributed by atoms with E-state index >= 15 is 0 Å². The Morgan fingerprint density at radius 1 is 1.43 bits per heavy atom. The Balaban J connectivity index is 3.63. The van der Waals surface area contributed by atoms with Gasteiger partial charge in [0.2, 0.25) is 0 Å². The molecule has 14 heavy (non-hydrogen) atoms. The van der Waals surface area contributed by atoms with Gasteiger partial charge in [-0.15, -0.1) is 0 Å². The molecule has 0 aromatic carbocycles. The molecule has 0 spiro atoms. The average molecular weight is 202 g/mol. The van der Waals surface area contributed by atoms with Crippen molar-refractivity contribution in [3.8, 4) is 0 Å². The van der Waals surface area contributed by atoms with E-state index in [0.29, 0.717) is 18.9 Å². The summed E-state index contributed by atoms with van der Waals surface area (Å²) in [6.45, 7) is 6.37. The summed E-state index contributed by atoms with van der Waals surface area (Å²) in [5, 5.41) is 9.54. The van der Waals surface area contributed by atoms with Gasteiger partial charge >= 0.3 is 5.97 Å². The van der Waals surface area contributed by atoms with E-state index < -0.39 is 6.10 Å². The van der Waals surface area contributed by atoms with Crippen LogP contribution in [0.2, 0.25) is 0 Å². The zero-order chi connectivity index (χ0) is 11.0. The van der Waals surface area contributed by atoms with E-state index in [1.165, 1.54) is 0 Å². The fourth-order valence-corrected chi connectivity index (χ4v) is 1.57. The highest BCUT2D eigenvalue weighted by molar-refractivity contribution is 5.69. The molecule has 3 nitrogen and oxygen atoms in total. The van der Waals surface area contributed by atoms with Gasteiger partial charge in [-0.3, -0.25) is 4.79 Å². The van der Waals surface area contributed by atoms with E-state index in [0.717, 1.165) is 12.8 Å². The van der Waals surface area contributed by atoms with Gasteiger partial charge < -0.3 is 9.84 Å². The molecule has 0 aromatic heterocycles. The van der Waals surface area contributed by atoms with E-state index in [1.54, 1.807) is 6.92 Å². The van der Waals surface area contributed by atoms with Crippen LogP contribution in [0.25, 0.3) is 0 Å². The lowest BCUT2D eigenvalue weighted by atomic mass is 9.97. The molecule has 0 bridgehead atoms. The Hall–Kier alpha value is -0.570. The Bertz CT molecular complexity index is 157. The molecule has 0 aromatic rings. The van der Waals surface area contributed by atoms with E-state index in [4.69, 9.17) is 4.74 Å². The van der Waals surface area contributed by atoms with Crippen molar-refractivity contribution in [3.05, 3.63) is 0 Å². The third-order valence-corrected chi connectivity index (χ3v) is 2.16. The number of hydrogen-bond acceptors (Lipinski definition) is 3. The summed E-state index contributed by atoms with van der Waals surface area (Å²) in [6, 6.07) is 0. The van der Waals surface area contributed by atoms with Crippen LogP contribution in [0, 0.1) is 5.92 Å². The van der Waals surface area contributed by atoms with Crippen LogP contribution >= 0.6 is 0 Å². The number of carbonyl (C=O) groups excluding carboxylic acids is 1. The van der Waals surface area contributed by atoms with Crippen molar-refractivity contribution < 1.29 is 14.6 Å². The number of ether oxygens (including phenoxy) is 1. The number of rotatable bonds is 7. The third kappa shape index (κ3) is 6.89. The van der Waals surface area contributed by atoms with Crippen molar-refractivity contribution in [2.75, 3.05) is 6.61 Å². The molecule has 2 atom stereocenters. The van der Waals surface area contributed by atoms with Gasteiger partial charge in [0.15, 0.2) is 0 Å². The minimum atomic E-state index is -0.546. The van der Waals surface area contributed by atoms with Crippen molar-refractivity contribution in [1.82, 2.24) is 0 Å². The number of esters is 1. The van der Waals surface area contributed by atoms with E-state index in [9.17, 15) is 9.90 Å². The second-order valence-electron chi connectivity index (χ2n) is 3.79. The maximum atomic E-state index is 11.0. The molecule has 2 unspecified atom stereocenters. The van der Waals surface area contributed by atoms with Gasteiger partial charge in [0.25, 0.3) is 0 Å². The zero-order valence-corrected chi connectivity index (χ0v) is 9.45. The summed E-state index contributed by atoms with van der Waals surface area (Å²) in [5.74, 6) is 0.174. The van der Waals surface area contributed by atoms with Gasteiger partial charge in [-0.1, -0.05) is 26.7 Å². The first-order chi connectivity index (χ1) is 6.60. The molecule has 0 amide bonds. The topological polar surface area (TPSA) is 46.5 Å². The number of hydrogen-bond donors (Lipinski definition) is 1. The van der Waals surface area contributed by atoms with Crippen LogP contribution in [-0.2, 0) is 9.53 Å². The molecule has 0 saturated carbocycles. The summed E-state index contributed by atoms with van der Waals surface area (Å²) in [4.78, 5) is 11.0. The monoisotopic (exact) mass is 202 g/mol. The fraction of sp³-hybridized carbons (Fsp3) is 0.909. The quantitative estimate of drug-likeness (QED) is 0.643. The lowest BCUT2D eigenvalue weighted by Crippen LogP contribution is -2.18. The van der Waals surface area contributed by atoms with E-state index in [1.807, 2.05) is 0 Å². The van der Waals surface area contributed by atoms with Crippen molar-refractivity contribution in [2.24, 2.45) is 5.92 Å². The van der Waals surface area contributed by atoms with Crippen molar-refractivity contribution in [1.29, 1.82) is 0 Å². The predicted octanol–water partition coefficient (Wildman–Crippen LogP) is 2.13. The van der Waals surface area contributed by atoms with Crippen molar-refractivity contribution >= 4 is 5.97 Å². The van der Waals surface area contributed by atoms with Gasteiger partial charge in [0, 0.05) is 0 Å². The molecule has 1 N–H and O–H groups in total. The van der Waals surface area contributed by atoms with E-state index in [2.05, 4.69) is 13.8 Å². The van der Waals surface area contributed by atoms with Crippen LogP contribution in [0.3, 0.4) is 0 Å². The van der Waals surface area contributed by atoms with Crippen molar-refractivity contribution in [2.45, 2.75) is 52.6 Å². The largest absolute Gasteiger partial charge is 0.466 e. The summed E-state index contributed by atoms with van der Waals surface area (Å²) in [6.07, 6.45) is 2.48. The highest BCUT2D eigenvalue weighted by atomic mass is 16.5. The molecule has 0 saturated heterocycles. The smallest absolute Gasteiger partial charge is 0.308 e. The summed E-state index contributed by atoms with van der Waals surface area (Å²) in [7, 11) is 0. The zero-order valence-electron chi connectivity index (χ0n) is 9.45. The minimum Gasteiger partial charge on any atom is -0.466 e.